The molecular weight excluding hydrogens is 280 g/mol. The van der Waals surface area contributed by atoms with Crippen molar-refractivity contribution >= 4 is 5.91 Å². The minimum Gasteiger partial charge on any atom is -0.367 e. The number of carbonyl (C=O) groups excluding carboxylic acids is 1. The molecule has 0 spiro atoms. The van der Waals surface area contributed by atoms with Gasteiger partial charge in [0.1, 0.15) is 6.10 Å². The summed E-state index contributed by atoms with van der Waals surface area (Å²) in [4.78, 5) is 18.8. The molecule has 0 bridgehead atoms. The van der Waals surface area contributed by atoms with Crippen molar-refractivity contribution in [2.24, 2.45) is 5.92 Å². The first kappa shape index (κ1) is 15.2. The van der Waals surface area contributed by atoms with Gasteiger partial charge in [-0.05, 0) is 18.8 Å². The quantitative estimate of drug-likeness (QED) is 0.866. The molecule has 6 nitrogen and oxygen atoms in total. The van der Waals surface area contributed by atoms with Crippen molar-refractivity contribution in [2.75, 3.05) is 19.7 Å². The molecule has 1 aromatic rings. The number of amides is 1. The molecule has 6 heteroatoms. The molecular formula is C16H24N4O2. The second-order valence-electron chi connectivity index (χ2n) is 6.40. The van der Waals surface area contributed by atoms with Crippen LogP contribution < -0.4 is 0 Å². The minimum atomic E-state index is -0.197. The SMILES string of the molecule is CC(C)c1n[nH]c(C2CN(C(=O)CC3C=CCC3)CCO2)n1. The summed E-state index contributed by atoms with van der Waals surface area (Å²) in [5.41, 5.74) is 0. The number of hydrogen-bond acceptors (Lipinski definition) is 4. The summed E-state index contributed by atoms with van der Waals surface area (Å²) in [7, 11) is 0. The summed E-state index contributed by atoms with van der Waals surface area (Å²) in [5.74, 6) is 2.42. The van der Waals surface area contributed by atoms with Crippen LogP contribution in [0.15, 0.2) is 12.2 Å². The van der Waals surface area contributed by atoms with E-state index in [4.69, 9.17) is 4.74 Å². The third-order valence-corrected chi connectivity index (χ3v) is 4.31. The largest absolute Gasteiger partial charge is 0.367 e. The van der Waals surface area contributed by atoms with E-state index in [0.29, 0.717) is 32.0 Å². The highest BCUT2D eigenvalue weighted by Crippen LogP contribution is 2.24. The van der Waals surface area contributed by atoms with Crippen molar-refractivity contribution in [3.05, 3.63) is 23.8 Å². The normalized spacial score (nSPS) is 25.1. The van der Waals surface area contributed by atoms with Crippen LogP contribution in [0.5, 0.6) is 0 Å². The molecule has 0 saturated carbocycles. The molecule has 1 aliphatic carbocycles. The van der Waals surface area contributed by atoms with Crippen LogP contribution in [0, 0.1) is 5.92 Å². The number of allylic oxidation sites excluding steroid dienone is 2. The maximum absolute atomic E-state index is 12.4. The number of ether oxygens (including phenoxy) is 1. The molecule has 1 saturated heterocycles. The van der Waals surface area contributed by atoms with Gasteiger partial charge in [0.05, 0.1) is 13.2 Å². The van der Waals surface area contributed by atoms with Gasteiger partial charge >= 0.3 is 0 Å². The van der Waals surface area contributed by atoms with Crippen LogP contribution in [0.3, 0.4) is 0 Å². The van der Waals surface area contributed by atoms with Crippen LogP contribution in [0.25, 0.3) is 0 Å². The summed E-state index contributed by atoms with van der Waals surface area (Å²) in [6, 6.07) is 0. The van der Waals surface area contributed by atoms with Crippen molar-refractivity contribution in [1.29, 1.82) is 0 Å². The molecule has 0 radical (unpaired) electrons. The average molecular weight is 304 g/mol. The first-order valence-electron chi connectivity index (χ1n) is 8.11. The molecule has 1 aliphatic heterocycles. The number of rotatable bonds is 4. The molecule has 2 aliphatic rings. The van der Waals surface area contributed by atoms with E-state index in [-0.39, 0.29) is 17.9 Å². The molecule has 0 aromatic carbocycles. The Morgan fingerprint density at radius 3 is 3.09 bits per heavy atom. The van der Waals surface area contributed by atoms with Gasteiger partial charge in [0.15, 0.2) is 11.6 Å². The molecule has 1 aromatic heterocycles. The molecule has 1 N–H and O–H groups in total. The lowest BCUT2D eigenvalue weighted by atomic mass is 10.0. The van der Waals surface area contributed by atoms with Crippen LogP contribution >= 0.6 is 0 Å². The fourth-order valence-corrected chi connectivity index (χ4v) is 2.95. The maximum Gasteiger partial charge on any atom is 0.223 e. The number of aromatic amines is 1. The van der Waals surface area contributed by atoms with Crippen LogP contribution in [-0.4, -0.2) is 45.7 Å². The molecule has 1 fully saturated rings. The van der Waals surface area contributed by atoms with E-state index < -0.39 is 0 Å². The fraction of sp³-hybridized carbons (Fsp3) is 0.688. The van der Waals surface area contributed by atoms with Gasteiger partial charge in [-0.15, -0.1) is 0 Å². The van der Waals surface area contributed by atoms with Gasteiger partial charge in [-0.1, -0.05) is 26.0 Å². The number of morpholine rings is 1. The zero-order chi connectivity index (χ0) is 15.5. The highest BCUT2D eigenvalue weighted by atomic mass is 16.5. The third-order valence-electron chi connectivity index (χ3n) is 4.31. The van der Waals surface area contributed by atoms with Gasteiger partial charge in [-0.2, -0.15) is 5.10 Å². The highest BCUT2D eigenvalue weighted by molar-refractivity contribution is 5.76. The summed E-state index contributed by atoms with van der Waals surface area (Å²) < 4.78 is 5.77. The van der Waals surface area contributed by atoms with Gasteiger partial charge in [0.2, 0.25) is 5.91 Å². The molecule has 2 heterocycles. The number of nitrogens with zero attached hydrogens (tertiary/aromatic N) is 3. The van der Waals surface area contributed by atoms with Gasteiger partial charge in [0.25, 0.3) is 0 Å². The zero-order valence-electron chi connectivity index (χ0n) is 13.3. The predicted octanol–water partition coefficient (Wildman–Crippen LogP) is 2.18. The van der Waals surface area contributed by atoms with E-state index in [1.807, 2.05) is 4.90 Å². The molecule has 22 heavy (non-hydrogen) atoms. The first-order chi connectivity index (χ1) is 10.6. The Labute approximate surface area is 130 Å². The summed E-state index contributed by atoms with van der Waals surface area (Å²) in [5, 5.41) is 7.17. The Morgan fingerprint density at radius 2 is 2.41 bits per heavy atom. The maximum atomic E-state index is 12.4. The predicted molar refractivity (Wildman–Crippen MR) is 82.2 cm³/mol. The Hall–Kier alpha value is -1.69. The van der Waals surface area contributed by atoms with Gasteiger partial charge in [-0.25, -0.2) is 4.98 Å². The Bertz CT molecular complexity index is 552. The minimum absolute atomic E-state index is 0.197. The molecule has 2 unspecified atom stereocenters. The number of hydrogen-bond donors (Lipinski definition) is 1. The van der Waals surface area contributed by atoms with Gasteiger partial charge < -0.3 is 9.64 Å². The van der Waals surface area contributed by atoms with Crippen molar-refractivity contribution in [3.63, 3.8) is 0 Å². The first-order valence-corrected chi connectivity index (χ1v) is 8.11. The van der Waals surface area contributed by atoms with E-state index in [2.05, 4.69) is 41.2 Å². The molecule has 120 valence electrons. The standard InChI is InChI=1S/C16H24N4O2/c1-11(2)15-17-16(19-18-15)13-10-20(7-8-22-13)14(21)9-12-5-3-4-6-12/h3,5,11-13H,4,6-10H2,1-2H3,(H,17,18,19). The summed E-state index contributed by atoms with van der Waals surface area (Å²) in [6.07, 6.45) is 6.94. The highest BCUT2D eigenvalue weighted by Gasteiger charge is 2.29. The number of carbonyl (C=O) groups is 1. The smallest absolute Gasteiger partial charge is 0.223 e. The Balaban J connectivity index is 1.60. The van der Waals surface area contributed by atoms with Crippen molar-refractivity contribution in [1.82, 2.24) is 20.1 Å². The molecule has 3 rings (SSSR count). The second-order valence-corrected chi connectivity index (χ2v) is 6.40. The van der Waals surface area contributed by atoms with Crippen molar-refractivity contribution in [3.8, 4) is 0 Å². The topological polar surface area (TPSA) is 71.1 Å². The fourth-order valence-electron chi connectivity index (χ4n) is 2.95. The van der Waals surface area contributed by atoms with Crippen LogP contribution in [0.1, 0.15) is 56.8 Å². The molecule has 2 atom stereocenters. The van der Waals surface area contributed by atoms with Crippen LogP contribution in [0.2, 0.25) is 0 Å². The lowest BCUT2D eigenvalue weighted by Crippen LogP contribution is -2.43. The van der Waals surface area contributed by atoms with E-state index in [1.165, 1.54) is 0 Å². The van der Waals surface area contributed by atoms with E-state index in [1.54, 1.807) is 0 Å². The lowest BCUT2D eigenvalue weighted by molar-refractivity contribution is -0.140. The Morgan fingerprint density at radius 1 is 1.55 bits per heavy atom. The van der Waals surface area contributed by atoms with E-state index in [9.17, 15) is 4.79 Å². The third kappa shape index (κ3) is 3.38. The molecule has 1 amide bonds. The Kier molecular flexibility index (Phi) is 4.57. The number of H-pyrrole nitrogens is 1. The van der Waals surface area contributed by atoms with Crippen LogP contribution in [0.4, 0.5) is 0 Å². The summed E-state index contributed by atoms with van der Waals surface area (Å²) in [6.45, 7) is 5.88. The van der Waals surface area contributed by atoms with E-state index >= 15 is 0 Å². The number of nitrogens with one attached hydrogen (secondary N) is 1. The lowest BCUT2D eigenvalue weighted by Gasteiger charge is -2.32. The van der Waals surface area contributed by atoms with Crippen molar-refractivity contribution in [2.45, 2.75) is 45.1 Å². The van der Waals surface area contributed by atoms with Gasteiger partial charge in [-0.3, -0.25) is 9.89 Å². The summed E-state index contributed by atoms with van der Waals surface area (Å²) >= 11 is 0. The zero-order valence-corrected chi connectivity index (χ0v) is 13.3. The van der Waals surface area contributed by atoms with Crippen LogP contribution in [-0.2, 0) is 9.53 Å². The second kappa shape index (κ2) is 6.60. The van der Waals surface area contributed by atoms with Gasteiger partial charge in [0, 0.05) is 18.9 Å². The number of aromatic nitrogens is 3. The average Bonchev–Trinajstić information content (AvgIpc) is 3.18. The van der Waals surface area contributed by atoms with Crippen molar-refractivity contribution < 1.29 is 9.53 Å². The monoisotopic (exact) mass is 304 g/mol. The van der Waals surface area contributed by atoms with E-state index in [0.717, 1.165) is 24.5 Å².